The molecule has 0 atom stereocenters. The van der Waals surface area contributed by atoms with Crippen LogP contribution in [0.5, 0.6) is 5.75 Å². The van der Waals surface area contributed by atoms with Gasteiger partial charge < -0.3 is 41.5 Å². The van der Waals surface area contributed by atoms with E-state index in [1.165, 1.54) is 0 Å². The van der Waals surface area contributed by atoms with Crippen molar-refractivity contribution < 1.29 is 24.5 Å². The molecule has 4 aromatic heterocycles. The van der Waals surface area contributed by atoms with Gasteiger partial charge in [0.25, 0.3) is 11.8 Å². The van der Waals surface area contributed by atoms with Crippen LogP contribution < -0.4 is 31.3 Å². The average molecular weight is 959 g/mol. The van der Waals surface area contributed by atoms with Gasteiger partial charge >= 0.3 is 0 Å². The molecule has 66 heavy (non-hydrogen) atoms. The summed E-state index contributed by atoms with van der Waals surface area (Å²) in [6, 6.07) is 23.5. The van der Waals surface area contributed by atoms with Gasteiger partial charge in [0.2, 0.25) is 0 Å². The predicted octanol–water partition coefficient (Wildman–Crippen LogP) is 8.07. The number of para-hydroxylation sites is 2. The Labute approximate surface area is 391 Å². The number of fused-ring (bicyclic) bond motifs is 2. The Morgan fingerprint density at radius 3 is 1.65 bits per heavy atom. The summed E-state index contributed by atoms with van der Waals surface area (Å²) in [6.07, 6.45) is 7.76. The minimum Gasteiger partial charge on any atom is -0.495 e. The molecule has 7 N–H and O–H groups in total. The van der Waals surface area contributed by atoms with Crippen LogP contribution in [-0.4, -0.2) is 94.7 Å². The van der Waals surface area contributed by atoms with Crippen molar-refractivity contribution in [3.8, 4) is 28.3 Å². The second-order valence-corrected chi connectivity index (χ2v) is 19.1. The molecule has 16 nitrogen and oxygen atoms in total. The number of hydrogen-bond donors (Lipinski definition) is 7. The Balaban J connectivity index is 0.000000185. The van der Waals surface area contributed by atoms with Crippen LogP contribution in [0.4, 0.5) is 22.9 Å². The fourth-order valence-corrected chi connectivity index (χ4v) is 7.66. The Hall–Kier alpha value is -6.56. The van der Waals surface area contributed by atoms with Crippen LogP contribution in [0.2, 0.25) is 0 Å². The van der Waals surface area contributed by atoms with Gasteiger partial charge in [0.15, 0.2) is 17.1 Å². The Kier molecular flexibility index (Phi) is 13.1. The lowest BCUT2D eigenvalue weighted by molar-refractivity contribution is 0.0939. The number of nitrogens with zero attached hydrogens (tertiary/aromatic N) is 6. The first-order chi connectivity index (χ1) is 31.4. The number of halogens is 1. The highest BCUT2D eigenvalue weighted by Gasteiger charge is 2.26. The van der Waals surface area contributed by atoms with Crippen LogP contribution in [-0.2, 0) is 0 Å². The highest BCUT2D eigenvalue weighted by Crippen LogP contribution is 2.32. The van der Waals surface area contributed by atoms with Crippen molar-refractivity contribution in [3.05, 3.63) is 112 Å². The van der Waals surface area contributed by atoms with E-state index in [-0.39, 0.29) is 11.8 Å². The quantitative estimate of drug-likeness (QED) is 0.0522. The van der Waals surface area contributed by atoms with Gasteiger partial charge in [-0.1, -0.05) is 24.3 Å². The third kappa shape index (κ3) is 11.1. The van der Waals surface area contributed by atoms with E-state index in [1.54, 1.807) is 56.2 Å². The lowest BCUT2D eigenvalue weighted by Gasteiger charge is -2.19. The number of amides is 2. The molecule has 7 aromatic rings. The van der Waals surface area contributed by atoms with Crippen molar-refractivity contribution in [3.63, 3.8) is 0 Å². The molecule has 3 aromatic carbocycles. The maximum atomic E-state index is 12.6. The molecule has 2 aliphatic rings. The van der Waals surface area contributed by atoms with Crippen LogP contribution in [0.15, 0.2) is 89.8 Å². The second-order valence-electron chi connectivity index (χ2n) is 18.3. The number of methoxy groups -OCH3 is 1. The van der Waals surface area contributed by atoms with E-state index in [4.69, 9.17) is 9.84 Å². The van der Waals surface area contributed by atoms with Gasteiger partial charge in [0.1, 0.15) is 10.4 Å². The molecule has 0 aliphatic heterocycles. The van der Waals surface area contributed by atoms with Crippen molar-refractivity contribution in [1.82, 2.24) is 39.8 Å². The summed E-state index contributed by atoms with van der Waals surface area (Å²) >= 11 is 3.45. The topological polar surface area (TPSA) is 204 Å². The second kappa shape index (κ2) is 18.7. The zero-order chi connectivity index (χ0) is 46.9. The number of ether oxygens (including phenoxy) is 1. The molecule has 0 saturated heterocycles. The molecule has 0 radical (unpaired) electrons. The van der Waals surface area contributed by atoms with Crippen LogP contribution in [0, 0.1) is 13.8 Å². The third-order valence-electron chi connectivity index (χ3n) is 11.1. The van der Waals surface area contributed by atoms with E-state index in [9.17, 15) is 19.8 Å². The van der Waals surface area contributed by atoms with Crippen LogP contribution in [0.3, 0.4) is 0 Å². The minimum atomic E-state index is -0.917. The molecule has 344 valence electrons. The number of aliphatic hydroxyl groups is 2. The number of benzene rings is 3. The Bertz CT molecular complexity index is 2930. The highest BCUT2D eigenvalue weighted by molar-refractivity contribution is 9.10. The highest BCUT2D eigenvalue weighted by atomic mass is 79.9. The van der Waals surface area contributed by atoms with E-state index in [0.717, 1.165) is 76.4 Å². The standard InChI is InChI=1S/C28H32N6O3.C21H24BrN5O2/c1-17-13-18(9-12-20(17)27(35)31-19-10-11-19)23-15-29-26-22(30-16-28(2,3)36)14-25(33-34(23)26)32-21-7-5-6-8-24(21)37-4;1-12-8-13(4-7-15(12)20(28)25-14-5-6-14)17-10-23-19-16(24-11-21(2,3)29)9-18(22)26-27(17)19/h5-9,12-15,19,30,36H,10-11,16H2,1-4H3,(H,31,35)(H,32,33);4,7-10,14,24,29H,5-6,11H2,1-3H3,(H,25,28). The molecule has 17 heteroatoms. The SMILES string of the molecule is COc1ccccc1Nc1cc(NCC(C)(C)O)c2ncc(-c3ccc(C(=O)NC4CC4)c(C)c3)n2n1.Cc1cc(-c2cnc3c(NCC(C)(C)O)cc(Br)nn23)ccc1C(=O)NC1CC1. The zero-order valence-corrected chi connectivity index (χ0v) is 39.7. The lowest BCUT2D eigenvalue weighted by Crippen LogP contribution is -2.29. The number of carbonyl (C=O) groups excluding carboxylic acids is 2. The average Bonchev–Trinajstić information content (AvgIpc) is 4.18. The van der Waals surface area contributed by atoms with Crippen molar-refractivity contribution in [1.29, 1.82) is 0 Å². The molecule has 9 rings (SSSR count). The molecule has 2 aliphatic carbocycles. The third-order valence-corrected chi connectivity index (χ3v) is 11.4. The molecular formula is C49H56BrN11O5. The molecule has 0 unspecified atom stereocenters. The van der Waals surface area contributed by atoms with E-state index in [0.29, 0.717) is 63.8 Å². The number of hydrogen-bond acceptors (Lipinski definition) is 12. The monoisotopic (exact) mass is 957 g/mol. The molecule has 2 fully saturated rings. The number of nitrogens with one attached hydrogen (secondary N) is 5. The predicted molar refractivity (Wildman–Crippen MR) is 261 cm³/mol. The van der Waals surface area contributed by atoms with Gasteiger partial charge in [0.05, 0.1) is 59.2 Å². The van der Waals surface area contributed by atoms with Gasteiger partial charge in [0, 0.05) is 53.5 Å². The van der Waals surface area contributed by atoms with Crippen LogP contribution in [0.1, 0.15) is 85.2 Å². The first-order valence-corrected chi connectivity index (χ1v) is 22.8. The van der Waals surface area contributed by atoms with Gasteiger partial charge in [-0.3, -0.25) is 9.59 Å². The Morgan fingerprint density at radius 1 is 0.697 bits per heavy atom. The fraction of sp³-hybridized carbons (Fsp3) is 0.347. The number of imidazole rings is 2. The smallest absolute Gasteiger partial charge is 0.251 e. The van der Waals surface area contributed by atoms with Gasteiger partial charge in [-0.15, -0.1) is 5.10 Å². The number of rotatable bonds is 15. The normalized spacial score (nSPS) is 13.8. The van der Waals surface area contributed by atoms with E-state index in [1.807, 2.05) is 86.6 Å². The zero-order valence-electron chi connectivity index (χ0n) is 38.2. The molecule has 0 spiro atoms. The summed E-state index contributed by atoms with van der Waals surface area (Å²) in [4.78, 5) is 34.2. The molecule has 0 bridgehead atoms. The van der Waals surface area contributed by atoms with Crippen LogP contribution in [0.25, 0.3) is 33.8 Å². The molecular weight excluding hydrogens is 903 g/mol. The first kappa shape index (κ1) is 46.0. The summed E-state index contributed by atoms with van der Waals surface area (Å²) in [6.45, 7) is 11.6. The van der Waals surface area contributed by atoms with E-state index >= 15 is 0 Å². The molecule has 2 saturated carbocycles. The maximum absolute atomic E-state index is 12.6. The summed E-state index contributed by atoms with van der Waals surface area (Å²) in [5.41, 5.74) is 8.37. The van der Waals surface area contributed by atoms with Gasteiger partial charge in [-0.25, -0.2) is 19.0 Å². The fourth-order valence-electron chi connectivity index (χ4n) is 7.27. The summed E-state index contributed by atoms with van der Waals surface area (Å²) in [5.74, 6) is 1.21. The van der Waals surface area contributed by atoms with Crippen molar-refractivity contribution in [2.24, 2.45) is 0 Å². The summed E-state index contributed by atoms with van der Waals surface area (Å²) in [7, 11) is 1.62. The van der Waals surface area contributed by atoms with Gasteiger partial charge in [-0.2, -0.15) is 5.10 Å². The number of aryl methyl sites for hydroxylation is 2. The Morgan fingerprint density at radius 2 is 1.18 bits per heavy atom. The maximum Gasteiger partial charge on any atom is 0.251 e. The lowest BCUT2D eigenvalue weighted by atomic mass is 10.0. The van der Waals surface area contributed by atoms with Crippen molar-refractivity contribution in [2.75, 3.05) is 36.1 Å². The molecule has 4 heterocycles. The van der Waals surface area contributed by atoms with Crippen molar-refractivity contribution in [2.45, 2.75) is 90.5 Å². The number of aromatic nitrogens is 6. The first-order valence-electron chi connectivity index (χ1n) is 22.0. The summed E-state index contributed by atoms with van der Waals surface area (Å²) in [5, 5.41) is 45.7. The molecule has 2 amide bonds. The van der Waals surface area contributed by atoms with E-state index < -0.39 is 11.2 Å². The number of carbonyl (C=O) groups is 2. The minimum absolute atomic E-state index is 0.0198. The number of anilines is 4. The van der Waals surface area contributed by atoms with Crippen molar-refractivity contribution >= 4 is 61.9 Å². The van der Waals surface area contributed by atoms with Gasteiger partial charge in [-0.05, 0) is 137 Å². The summed E-state index contributed by atoms with van der Waals surface area (Å²) < 4.78 is 9.67. The van der Waals surface area contributed by atoms with Crippen LogP contribution >= 0.6 is 15.9 Å². The van der Waals surface area contributed by atoms with E-state index in [2.05, 4.69) is 57.6 Å². The largest absolute Gasteiger partial charge is 0.495 e.